The Bertz CT molecular complexity index is 638. The van der Waals surface area contributed by atoms with E-state index in [0.29, 0.717) is 10.9 Å². The first-order chi connectivity index (χ1) is 9.20. The van der Waals surface area contributed by atoms with Crippen molar-refractivity contribution < 1.29 is 8.78 Å². The number of fused-ring (bicyclic) bond motifs is 2. The first-order valence-corrected chi connectivity index (χ1v) is 6.69. The SMILES string of the molecule is CNc1c2c(nc3cc(F)c(F)cc13)CCCCC2. The van der Waals surface area contributed by atoms with Gasteiger partial charge in [0.15, 0.2) is 11.6 Å². The Morgan fingerprint density at radius 1 is 1.05 bits per heavy atom. The van der Waals surface area contributed by atoms with E-state index in [1.165, 1.54) is 24.1 Å². The van der Waals surface area contributed by atoms with Gasteiger partial charge in [-0.3, -0.25) is 4.98 Å². The zero-order chi connectivity index (χ0) is 13.4. The number of pyridine rings is 1. The van der Waals surface area contributed by atoms with E-state index in [1.54, 1.807) is 0 Å². The highest BCUT2D eigenvalue weighted by Crippen LogP contribution is 2.33. The molecule has 1 heterocycles. The maximum absolute atomic E-state index is 13.4. The van der Waals surface area contributed by atoms with E-state index < -0.39 is 11.6 Å². The molecule has 0 unspecified atom stereocenters. The Morgan fingerprint density at radius 2 is 1.79 bits per heavy atom. The lowest BCUT2D eigenvalue weighted by Crippen LogP contribution is -2.04. The molecule has 0 saturated heterocycles. The highest BCUT2D eigenvalue weighted by Gasteiger charge is 2.18. The van der Waals surface area contributed by atoms with E-state index in [-0.39, 0.29) is 0 Å². The number of nitrogens with zero attached hydrogens (tertiary/aromatic N) is 1. The van der Waals surface area contributed by atoms with E-state index >= 15 is 0 Å². The number of benzene rings is 1. The van der Waals surface area contributed by atoms with Gasteiger partial charge < -0.3 is 5.32 Å². The lowest BCUT2D eigenvalue weighted by molar-refractivity contribution is 0.510. The second-order valence-electron chi connectivity index (χ2n) is 5.01. The third-order valence-electron chi connectivity index (χ3n) is 3.80. The van der Waals surface area contributed by atoms with Crippen LogP contribution in [0.5, 0.6) is 0 Å². The molecule has 0 atom stereocenters. The van der Waals surface area contributed by atoms with Crippen molar-refractivity contribution in [2.45, 2.75) is 32.1 Å². The average Bonchev–Trinajstić information content (AvgIpc) is 2.63. The third kappa shape index (κ3) is 2.05. The number of hydrogen-bond acceptors (Lipinski definition) is 2. The summed E-state index contributed by atoms with van der Waals surface area (Å²) in [4.78, 5) is 4.54. The van der Waals surface area contributed by atoms with Crippen molar-refractivity contribution in [2.75, 3.05) is 12.4 Å². The van der Waals surface area contributed by atoms with Gasteiger partial charge in [0, 0.05) is 29.9 Å². The molecule has 0 bridgehead atoms. The third-order valence-corrected chi connectivity index (χ3v) is 3.80. The van der Waals surface area contributed by atoms with Crippen molar-refractivity contribution in [3.8, 4) is 0 Å². The molecule has 4 heteroatoms. The molecule has 3 rings (SSSR count). The van der Waals surface area contributed by atoms with Crippen LogP contribution in [0.15, 0.2) is 12.1 Å². The second-order valence-corrected chi connectivity index (χ2v) is 5.01. The molecule has 100 valence electrons. The second kappa shape index (κ2) is 4.76. The van der Waals surface area contributed by atoms with Crippen molar-refractivity contribution in [2.24, 2.45) is 0 Å². The van der Waals surface area contributed by atoms with Gasteiger partial charge in [-0.05, 0) is 37.3 Å². The largest absolute Gasteiger partial charge is 0.387 e. The van der Waals surface area contributed by atoms with Crippen molar-refractivity contribution in [3.05, 3.63) is 35.0 Å². The van der Waals surface area contributed by atoms with Crippen LogP contribution in [0.2, 0.25) is 0 Å². The molecule has 0 amide bonds. The first-order valence-electron chi connectivity index (χ1n) is 6.69. The standard InChI is InChI=1S/C15H16F2N2/c1-18-15-9-5-3-2-4-6-13(9)19-14-8-12(17)11(16)7-10(14)15/h7-8H,2-6H2,1H3,(H,18,19). The molecule has 1 aromatic heterocycles. The highest BCUT2D eigenvalue weighted by molar-refractivity contribution is 5.93. The fraction of sp³-hybridized carbons (Fsp3) is 0.400. The van der Waals surface area contributed by atoms with Gasteiger partial charge in [0.2, 0.25) is 0 Å². The summed E-state index contributed by atoms with van der Waals surface area (Å²) in [7, 11) is 1.82. The van der Waals surface area contributed by atoms with Crippen LogP contribution in [0.25, 0.3) is 10.9 Å². The molecule has 0 radical (unpaired) electrons. The minimum Gasteiger partial charge on any atom is -0.387 e. The fourth-order valence-corrected chi connectivity index (χ4v) is 2.88. The number of anilines is 1. The molecular weight excluding hydrogens is 246 g/mol. The van der Waals surface area contributed by atoms with Crippen LogP contribution in [-0.4, -0.2) is 12.0 Å². The Morgan fingerprint density at radius 3 is 2.58 bits per heavy atom. The monoisotopic (exact) mass is 262 g/mol. The number of aryl methyl sites for hydroxylation is 1. The number of nitrogens with one attached hydrogen (secondary N) is 1. The first kappa shape index (κ1) is 12.3. The Hall–Kier alpha value is -1.71. The molecule has 0 saturated carbocycles. The number of hydrogen-bond donors (Lipinski definition) is 1. The molecule has 2 aromatic rings. The Kier molecular flexibility index (Phi) is 3.09. The van der Waals surface area contributed by atoms with Crippen LogP contribution in [-0.2, 0) is 12.8 Å². The van der Waals surface area contributed by atoms with Gasteiger partial charge >= 0.3 is 0 Å². The summed E-state index contributed by atoms with van der Waals surface area (Å²) >= 11 is 0. The maximum Gasteiger partial charge on any atom is 0.161 e. The van der Waals surface area contributed by atoms with Crippen LogP contribution in [0.3, 0.4) is 0 Å². The fourth-order valence-electron chi connectivity index (χ4n) is 2.88. The molecule has 0 spiro atoms. The molecule has 19 heavy (non-hydrogen) atoms. The zero-order valence-corrected chi connectivity index (χ0v) is 10.9. The molecule has 2 nitrogen and oxygen atoms in total. The van der Waals surface area contributed by atoms with Gasteiger partial charge in [-0.15, -0.1) is 0 Å². The van der Waals surface area contributed by atoms with Crippen molar-refractivity contribution in [3.63, 3.8) is 0 Å². The average molecular weight is 262 g/mol. The summed E-state index contributed by atoms with van der Waals surface area (Å²) in [5, 5.41) is 3.81. The molecule has 0 aliphatic heterocycles. The molecular formula is C15H16F2N2. The van der Waals surface area contributed by atoms with Crippen molar-refractivity contribution >= 4 is 16.6 Å². The number of aromatic nitrogens is 1. The van der Waals surface area contributed by atoms with E-state index in [9.17, 15) is 8.78 Å². The van der Waals surface area contributed by atoms with Crippen molar-refractivity contribution in [1.82, 2.24) is 4.98 Å². The Balaban J connectivity index is 2.33. The van der Waals surface area contributed by atoms with Gasteiger partial charge in [-0.25, -0.2) is 8.78 Å². The molecule has 1 N–H and O–H groups in total. The molecule has 1 aromatic carbocycles. The maximum atomic E-state index is 13.4. The summed E-state index contributed by atoms with van der Waals surface area (Å²) in [5.41, 5.74) is 3.63. The predicted octanol–water partition coefficient (Wildman–Crippen LogP) is 3.82. The van der Waals surface area contributed by atoms with Crippen LogP contribution in [0, 0.1) is 11.6 Å². The Labute approximate surface area is 110 Å². The summed E-state index contributed by atoms with van der Waals surface area (Å²) in [6.45, 7) is 0. The summed E-state index contributed by atoms with van der Waals surface area (Å²) in [6.07, 6.45) is 5.28. The zero-order valence-electron chi connectivity index (χ0n) is 10.9. The lowest BCUT2D eigenvalue weighted by atomic mass is 10.0. The molecule has 0 fully saturated rings. The van der Waals surface area contributed by atoms with Gasteiger partial charge in [0.25, 0.3) is 0 Å². The number of rotatable bonds is 1. The van der Waals surface area contributed by atoms with Gasteiger partial charge in [0.1, 0.15) is 0 Å². The van der Waals surface area contributed by atoms with Crippen LogP contribution in [0.1, 0.15) is 30.5 Å². The minimum atomic E-state index is -0.837. The van der Waals surface area contributed by atoms with Crippen LogP contribution < -0.4 is 5.32 Å². The van der Waals surface area contributed by atoms with Gasteiger partial charge in [-0.1, -0.05) is 6.42 Å². The summed E-state index contributed by atoms with van der Waals surface area (Å²) in [6, 6.07) is 2.44. The molecule has 1 aliphatic rings. The van der Waals surface area contributed by atoms with Crippen molar-refractivity contribution in [1.29, 1.82) is 0 Å². The van der Waals surface area contributed by atoms with Gasteiger partial charge in [0.05, 0.1) is 5.52 Å². The predicted molar refractivity (Wildman–Crippen MR) is 72.5 cm³/mol. The quantitative estimate of drug-likeness (QED) is 0.790. The van der Waals surface area contributed by atoms with Crippen LogP contribution in [0.4, 0.5) is 14.5 Å². The smallest absolute Gasteiger partial charge is 0.161 e. The van der Waals surface area contributed by atoms with Gasteiger partial charge in [-0.2, -0.15) is 0 Å². The highest BCUT2D eigenvalue weighted by atomic mass is 19.2. The number of halogens is 2. The van der Waals surface area contributed by atoms with E-state index in [4.69, 9.17) is 0 Å². The summed E-state index contributed by atoms with van der Waals surface area (Å²) < 4.78 is 26.8. The van der Waals surface area contributed by atoms with E-state index in [2.05, 4.69) is 10.3 Å². The summed E-state index contributed by atoms with van der Waals surface area (Å²) in [5.74, 6) is -1.66. The van der Waals surface area contributed by atoms with E-state index in [1.807, 2.05) is 7.05 Å². The topological polar surface area (TPSA) is 24.9 Å². The van der Waals surface area contributed by atoms with Crippen LogP contribution >= 0.6 is 0 Å². The van der Waals surface area contributed by atoms with E-state index in [0.717, 1.165) is 37.1 Å². The lowest BCUT2D eigenvalue weighted by Gasteiger charge is -2.15. The normalized spacial score (nSPS) is 15.1. The minimum absolute atomic E-state index is 0.531. The molecule has 1 aliphatic carbocycles.